The summed E-state index contributed by atoms with van der Waals surface area (Å²) in [7, 11) is 1.64. The lowest BCUT2D eigenvalue weighted by Gasteiger charge is -2.31. The lowest BCUT2D eigenvalue weighted by Crippen LogP contribution is -2.23. The molecule has 2 aliphatic heterocycles. The van der Waals surface area contributed by atoms with Crippen LogP contribution in [0.5, 0.6) is 5.75 Å². The molecule has 0 amide bonds. The first-order valence-corrected chi connectivity index (χ1v) is 9.74. The summed E-state index contributed by atoms with van der Waals surface area (Å²) in [5.74, 6) is 0.475. The van der Waals surface area contributed by atoms with Crippen molar-refractivity contribution in [3.63, 3.8) is 0 Å². The van der Waals surface area contributed by atoms with Crippen molar-refractivity contribution in [3.05, 3.63) is 93.3 Å². The van der Waals surface area contributed by atoms with Crippen LogP contribution >= 0.6 is 0 Å². The van der Waals surface area contributed by atoms with E-state index in [1.807, 2.05) is 60.7 Å². The van der Waals surface area contributed by atoms with Crippen LogP contribution in [0.4, 0.5) is 17.1 Å². The highest BCUT2D eigenvalue weighted by Gasteiger charge is 2.35. The minimum absolute atomic E-state index is 0.290. The van der Waals surface area contributed by atoms with Crippen LogP contribution in [0.15, 0.2) is 80.1 Å². The van der Waals surface area contributed by atoms with E-state index in [-0.39, 0.29) is 11.5 Å². The molecule has 0 saturated heterocycles. The normalized spacial score (nSPS) is 16.0. The zero-order chi connectivity index (χ0) is 20.2. The fraction of sp³-hybridized carbons (Fsp3) is 0.125. The number of azo groups is 1. The highest BCUT2D eigenvalue weighted by atomic mass is 16.5. The summed E-state index contributed by atoms with van der Waals surface area (Å²) in [4.78, 5) is 13.2. The van der Waals surface area contributed by atoms with Gasteiger partial charge in [-0.3, -0.25) is 0 Å². The first kappa shape index (κ1) is 17.0. The van der Waals surface area contributed by atoms with Crippen molar-refractivity contribution in [2.75, 3.05) is 12.4 Å². The molecule has 4 aromatic rings. The molecular formula is C24H17N3O3. The Labute approximate surface area is 171 Å². The van der Waals surface area contributed by atoms with Gasteiger partial charge in [-0.05, 0) is 47.5 Å². The molecule has 30 heavy (non-hydrogen) atoms. The molecule has 2 aliphatic rings. The van der Waals surface area contributed by atoms with Gasteiger partial charge in [0.05, 0.1) is 30.6 Å². The second-order valence-electron chi connectivity index (χ2n) is 7.43. The van der Waals surface area contributed by atoms with Crippen LogP contribution in [0, 0.1) is 0 Å². The maximum absolute atomic E-state index is 13.2. The molecule has 1 N–H and O–H groups in total. The number of ether oxygens (including phenoxy) is 1. The summed E-state index contributed by atoms with van der Waals surface area (Å²) in [6.07, 6.45) is 0. The lowest BCUT2D eigenvalue weighted by atomic mass is 9.78. The Balaban J connectivity index is 1.69. The molecule has 0 bridgehead atoms. The van der Waals surface area contributed by atoms with Crippen LogP contribution in [0.25, 0.3) is 11.0 Å². The van der Waals surface area contributed by atoms with Gasteiger partial charge in [-0.1, -0.05) is 24.3 Å². The van der Waals surface area contributed by atoms with Gasteiger partial charge in [0, 0.05) is 22.6 Å². The molecular weight excluding hydrogens is 378 g/mol. The molecule has 6 rings (SSSR count). The predicted molar refractivity (Wildman–Crippen MR) is 114 cm³/mol. The number of hydrogen-bond donors (Lipinski definition) is 1. The number of rotatable bonds is 2. The zero-order valence-electron chi connectivity index (χ0n) is 16.2. The van der Waals surface area contributed by atoms with Gasteiger partial charge in [0.2, 0.25) is 0 Å². The Morgan fingerprint density at radius 1 is 1.03 bits per heavy atom. The van der Waals surface area contributed by atoms with Crippen LogP contribution in [0.3, 0.4) is 0 Å². The van der Waals surface area contributed by atoms with Crippen molar-refractivity contribution in [1.29, 1.82) is 0 Å². The second-order valence-corrected chi connectivity index (χ2v) is 7.43. The van der Waals surface area contributed by atoms with E-state index in [4.69, 9.17) is 9.15 Å². The van der Waals surface area contributed by atoms with Crippen molar-refractivity contribution in [3.8, 4) is 5.75 Å². The molecule has 0 radical (unpaired) electrons. The standard InChI is InChI=1S/C24H17N3O3/c1-29-14-8-6-13(7-9-14)20-21-16-12-25-27-17(16)10-11-18(21)26-23-15-4-2-3-5-19(15)30-24(28)22(20)23/h2-11,20,26H,12H2,1H3. The fourth-order valence-electron chi connectivity index (χ4n) is 4.50. The Kier molecular flexibility index (Phi) is 3.56. The lowest BCUT2D eigenvalue weighted by molar-refractivity contribution is 0.414. The van der Waals surface area contributed by atoms with Crippen LogP contribution in [0.1, 0.15) is 28.2 Å². The number of para-hydroxylation sites is 1. The number of anilines is 2. The number of benzene rings is 3. The van der Waals surface area contributed by atoms with Crippen molar-refractivity contribution in [2.24, 2.45) is 10.2 Å². The number of methoxy groups -OCH3 is 1. The molecule has 3 aromatic carbocycles. The summed E-state index contributed by atoms with van der Waals surface area (Å²) in [5.41, 5.74) is 6.49. The molecule has 0 spiro atoms. The Morgan fingerprint density at radius 2 is 1.87 bits per heavy atom. The minimum atomic E-state index is -0.341. The third-order valence-corrected chi connectivity index (χ3v) is 5.87. The highest BCUT2D eigenvalue weighted by molar-refractivity contribution is 5.96. The molecule has 6 nitrogen and oxygen atoms in total. The summed E-state index contributed by atoms with van der Waals surface area (Å²) in [5, 5.41) is 12.9. The van der Waals surface area contributed by atoms with E-state index >= 15 is 0 Å². The maximum atomic E-state index is 13.2. The van der Waals surface area contributed by atoms with Crippen LogP contribution in [-0.4, -0.2) is 7.11 Å². The molecule has 1 atom stereocenters. The first-order chi connectivity index (χ1) is 14.7. The topological polar surface area (TPSA) is 76.2 Å². The molecule has 0 aliphatic carbocycles. The number of nitrogens with one attached hydrogen (secondary N) is 1. The van der Waals surface area contributed by atoms with E-state index < -0.39 is 0 Å². The van der Waals surface area contributed by atoms with Gasteiger partial charge in [-0.25, -0.2) is 4.79 Å². The van der Waals surface area contributed by atoms with E-state index in [0.717, 1.165) is 44.9 Å². The minimum Gasteiger partial charge on any atom is -0.497 e. The SMILES string of the molecule is COc1ccc(C2c3c(ccc4c3CN=N4)Nc3c2c(=O)oc2ccccc32)cc1. The third kappa shape index (κ3) is 2.33. The number of fused-ring (bicyclic) bond motifs is 6. The summed E-state index contributed by atoms with van der Waals surface area (Å²) < 4.78 is 11.1. The Morgan fingerprint density at radius 3 is 2.70 bits per heavy atom. The predicted octanol–water partition coefficient (Wildman–Crippen LogP) is 5.64. The van der Waals surface area contributed by atoms with Crippen molar-refractivity contribution >= 4 is 28.0 Å². The summed E-state index contributed by atoms with van der Waals surface area (Å²) in [6, 6.07) is 19.4. The Hall–Kier alpha value is -3.93. The van der Waals surface area contributed by atoms with Gasteiger partial charge in [-0.2, -0.15) is 10.2 Å². The quantitative estimate of drug-likeness (QED) is 0.393. The molecule has 3 heterocycles. The van der Waals surface area contributed by atoms with Crippen molar-refractivity contribution in [2.45, 2.75) is 12.5 Å². The highest BCUT2D eigenvalue weighted by Crippen LogP contribution is 2.50. The average molecular weight is 395 g/mol. The molecule has 1 unspecified atom stereocenters. The monoisotopic (exact) mass is 395 g/mol. The molecule has 1 aromatic heterocycles. The molecule has 146 valence electrons. The largest absolute Gasteiger partial charge is 0.497 e. The average Bonchev–Trinajstić information content (AvgIpc) is 3.27. The van der Waals surface area contributed by atoms with Gasteiger partial charge in [0.25, 0.3) is 0 Å². The van der Waals surface area contributed by atoms with Crippen LogP contribution < -0.4 is 15.7 Å². The van der Waals surface area contributed by atoms with E-state index in [2.05, 4.69) is 15.5 Å². The van der Waals surface area contributed by atoms with Gasteiger partial charge in [-0.15, -0.1) is 0 Å². The fourth-order valence-corrected chi connectivity index (χ4v) is 4.50. The second kappa shape index (κ2) is 6.29. The number of hydrogen-bond acceptors (Lipinski definition) is 6. The van der Waals surface area contributed by atoms with Crippen molar-refractivity contribution < 1.29 is 9.15 Å². The molecule has 0 saturated carbocycles. The van der Waals surface area contributed by atoms with E-state index in [9.17, 15) is 4.79 Å². The van der Waals surface area contributed by atoms with Gasteiger partial charge in [0.1, 0.15) is 11.3 Å². The third-order valence-electron chi connectivity index (χ3n) is 5.87. The first-order valence-electron chi connectivity index (χ1n) is 9.74. The van der Waals surface area contributed by atoms with E-state index in [1.165, 1.54) is 0 Å². The van der Waals surface area contributed by atoms with Gasteiger partial charge >= 0.3 is 5.63 Å². The maximum Gasteiger partial charge on any atom is 0.342 e. The number of nitrogens with zero attached hydrogens (tertiary/aromatic N) is 2. The van der Waals surface area contributed by atoms with Crippen molar-refractivity contribution in [1.82, 2.24) is 0 Å². The molecule has 6 heteroatoms. The smallest absolute Gasteiger partial charge is 0.342 e. The van der Waals surface area contributed by atoms with Crippen LogP contribution in [-0.2, 0) is 6.54 Å². The Bertz CT molecular complexity index is 1400. The van der Waals surface area contributed by atoms with E-state index in [0.29, 0.717) is 17.7 Å². The molecule has 0 fully saturated rings. The van der Waals surface area contributed by atoms with Gasteiger partial charge < -0.3 is 14.5 Å². The van der Waals surface area contributed by atoms with E-state index in [1.54, 1.807) is 7.11 Å². The summed E-state index contributed by atoms with van der Waals surface area (Å²) >= 11 is 0. The summed E-state index contributed by atoms with van der Waals surface area (Å²) in [6.45, 7) is 0.501. The van der Waals surface area contributed by atoms with Crippen LogP contribution in [0.2, 0.25) is 0 Å². The zero-order valence-corrected chi connectivity index (χ0v) is 16.2. The van der Waals surface area contributed by atoms with Gasteiger partial charge in [0.15, 0.2) is 0 Å².